The van der Waals surface area contributed by atoms with Crippen molar-refractivity contribution in [3.8, 4) is 0 Å². The molecule has 6 nitrogen and oxygen atoms in total. The smallest absolute Gasteiger partial charge is 0.392 e. The molecule has 1 saturated heterocycles. The monoisotopic (exact) mass is 301 g/mol. The number of aliphatic hydroxyl groups excluding tert-OH is 1. The number of aromatic nitrogens is 2. The summed E-state index contributed by atoms with van der Waals surface area (Å²) in [7, 11) is 0. The summed E-state index contributed by atoms with van der Waals surface area (Å²) < 4.78 is 5.07. The zero-order valence-electron chi connectivity index (χ0n) is 12.2. The molecule has 1 fully saturated rings. The Balaban J connectivity index is 1.43. The Labute approximate surface area is 127 Å². The lowest BCUT2D eigenvalue weighted by Crippen LogP contribution is -2.43. The van der Waals surface area contributed by atoms with E-state index in [-0.39, 0.29) is 12.0 Å². The second kappa shape index (κ2) is 5.37. The van der Waals surface area contributed by atoms with Gasteiger partial charge in [-0.05, 0) is 43.5 Å². The molecule has 116 valence electrons. The van der Waals surface area contributed by atoms with E-state index >= 15 is 0 Å². The van der Waals surface area contributed by atoms with Crippen LogP contribution < -0.4 is 5.76 Å². The average Bonchev–Trinajstić information content (AvgIpc) is 3.12. The van der Waals surface area contributed by atoms with Crippen molar-refractivity contribution in [3.63, 3.8) is 0 Å². The average molecular weight is 301 g/mol. The highest BCUT2D eigenvalue weighted by Crippen LogP contribution is 2.37. The number of aromatic amines is 1. The fourth-order valence-electron chi connectivity index (χ4n) is 3.78. The lowest BCUT2D eigenvalue weighted by molar-refractivity contribution is 0.0439. The van der Waals surface area contributed by atoms with Gasteiger partial charge in [0.05, 0.1) is 6.10 Å². The Hall–Kier alpha value is -1.92. The lowest BCUT2D eigenvalue weighted by Gasteiger charge is -2.36. The summed E-state index contributed by atoms with van der Waals surface area (Å²) in [6.07, 6.45) is 2.29. The molecule has 2 atom stereocenters. The van der Waals surface area contributed by atoms with Crippen molar-refractivity contribution in [3.05, 3.63) is 51.8 Å². The quantitative estimate of drug-likeness (QED) is 0.871. The molecule has 0 spiro atoms. The summed E-state index contributed by atoms with van der Waals surface area (Å²) in [5.74, 6) is 0.218. The molecule has 1 aromatic heterocycles. The Morgan fingerprint density at radius 3 is 2.73 bits per heavy atom. The molecule has 1 aliphatic heterocycles. The lowest BCUT2D eigenvalue weighted by atomic mass is 9.95. The molecule has 2 heterocycles. The normalized spacial score (nSPS) is 26.2. The van der Waals surface area contributed by atoms with Gasteiger partial charge in [-0.15, -0.1) is 5.10 Å². The molecule has 1 aliphatic carbocycles. The standard InChI is InChI=1S/C16H19N3O3/c20-14-12-4-2-1-3-11(12)9-13(14)19-7-5-10(6-8-19)15-17-18-16(21)22-15/h1-4,10,13-14,20H,5-9H2,(H,18,21). The molecule has 6 heteroatoms. The summed E-state index contributed by atoms with van der Waals surface area (Å²) >= 11 is 0. The van der Waals surface area contributed by atoms with Gasteiger partial charge < -0.3 is 9.52 Å². The maximum atomic E-state index is 11.0. The molecule has 2 aromatic rings. The maximum absolute atomic E-state index is 11.0. The van der Waals surface area contributed by atoms with E-state index < -0.39 is 11.9 Å². The summed E-state index contributed by atoms with van der Waals surface area (Å²) in [5.41, 5.74) is 2.31. The second-order valence-corrected chi connectivity index (χ2v) is 6.18. The third-order valence-corrected chi connectivity index (χ3v) is 4.97. The largest absolute Gasteiger partial charge is 0.434 e. The van der Waals surface area contributed by atoms with Gasteiger partial charge in [-0.25, -0.2) is 9.89 Å². The van der Waals surface area contributed by atoms with Gasteiger partial charge in [0.2, 0.25) is 5.89 Å². The number of piperidine rings is 1. The van der Waals surface area contributed by atoms with Crippen LogP contribution in [0.4, 0.5) is 0 Å². The molecule has 4 rings (SSSR count). The van der Waals surface area contributed by atoms with E-state index in [9.17, 15) is 9.90 Å². The molecule has 2 unspecified atom stereocenters. The van der Waals surface area contributed by atoms with Crippen molar-refractivity contribution in [2.75, 3.05) is 13.1 Å². The number of benzene rings is 1. The van der Waals surface area contributed by atoms with E-state index in [1.807, 2.05) is 18.2 Å². The summed E-state index contributed by atoms with van der Waals surface area (Å²) in [4.78, 5) is 13.4. The van der Waals surface area contributed by atoms with E-state index in [0.29, 0.717) is 5.89 Å². The van der Waals surface area contributed by atoms with Crippen LogP contribution in [0.3, 0.4) is 0 Å². The number of likely N-dealkylation sites (tertiary alicyclic amines) is 1. The van der Waals surface area contributed by atoms with Crippen LogP contribution in [0.5, 0.6) is 0 Å². The van der Waals surface area contributed by atoms with Crippen LogP contribution >= 0.6 is 0 Å². The van der Waals surface area contributed by atoms with E-state index in [2.05, 4.69) is 21.2 Å². The number of aliphatic hydroxyl groups is 1. The predicted octanol–water partition coefficient (Wildman–Crippen LogP) is 1.20. The molecule has 0 saturated carbocycles. The number of fused-ring (bicyclic) bond motifs is 1. The number of H-pyrrole nitrogens is 1. The van der Waals surface area contributed by atoms with Gasteiger partial charge in [0.1, 0.15) is 0 Å². The highest BCUT2D eigenvalue weighted by molar-refractivity contribution is 5.36. The number of nitrogens with one attached hydrogen (secondary N) is 1. The molecule has 22 heavy (non-hydrogen) atoms. The molecule has 0 bridgehead atoms. The Morgan fingerprint density at radius 1 is 1.27 bits per heavy atom. The molecule has 2 N–H and O–H groups in total. The van der Waals surface area contributed by atoms with Crippen molar-refractivity contribution in [1.82, 2.24) is 15.1 Å². The number of hydrogen-bond donors (Lipinski definition) is 2. The van der Waals surface area contributed by atoms with Gasteiger partial charge >= 0.3 is 5.76 Å². The third kappa shape index (κ3) is 2.28. The van der Waals surface area contributed by atoms with Crippen molar-refractivity contribution < 1.29 is 9.52 Å². The second-order valence-electron chi connectivity index (χ2n) is 6.18. The minimum absolute atomic E-state index is 0.157. The minimum Gasteiger partial charge on any atom is -0.392 e. The first kappa shape index (κ1) is 13.7. The van der Waals surface area contributed by atoms with Crippen molar-refractivity contribution in [1.29, 1.82) is 0 Å². The highest BCUT2D eigenvalue weighted by Gasteiger charge is 2.37. The summed E-state index contributed by atoms with van der Waals surface area (Å²) in [6, 6.07) is 8.29. The van der Waals surface area contributed by atoms with Gasteiger partial charge in [-0.3, -0.25) is 4.90 Å². The van der Waals surface area contributed by atoms with Crippen LogP contribution in [0, 0.1) is 0 Å². The van der Waals surface area contributed by atoms with Gasteiger partial charge in [-0.2, -0.15) is 0 Å². The van der Waals surface area contributed by atoms with Gasteiger partial charge in [0, 0.05) is 12.0 Å². The van der Waals surface area contributed by atoms with E-state index in [4.69, 9.17) is 4.42 Å². The SMILES string of the molecule is O=c1[nH]nc(C2CCN(C3Cc4ccccc4C3O)CC2)o1. The third-order valence-electron chi connectivity index (χ3n) is 4.97. The number of rotatable bonds is 2. The van der Waals surface area contributed by atoms with Crippen LogP contribution in [-0.4, -0.2) is 39.3 Å². The van der Waals surface area contributed by atoms with Gasteiger partial charge in [0.15, 0.2) is 0 Å². The maximum Gasteiger partial charge on any atom is 0.434 e. The minimum atomic E-state index is -0.487. The van der Waals surface area contributed by atoms with Crippen LogP contribution in [0.1, 0.15) is 41.9 Å². The van der Waals surface area contributed by atoms with E-state index in [0.717, 1.165) is 37.9 Å². The first-order chi connectivity index (χ1) is 10.7. The van der Waals surface area contributed by atoms with Gasteiger partial charge in [0.25, 0.3) is 0 Å². The first-order valence-electron chi connectivity index (χ1n) is 7.77. The first-order valence-corrected chi connectivity index (χ1v) is 7.77. The van der Waals surface area contributed by atoms with Crippen molar-refractivity contribution in [2.45, 2.75) is 37.3 Å². The Kier molecular flexibility index (Phi) is 3.35. The fourth-order valence-corrected chi connectivity index (χ4v) is 3.78. The highest BCUT2D eigenvalue weighted by atomic mass is 16.4. The van der Waals surface area contributed by atoms with E-state index in [1.165, 1.54) is 5.56 Å². The predicted molar refractivity (Wildman–Crippen MR) is 79.6 cm³/mol. The molecule has 1 aromatic carbocycles. The van der Waals surface area contributed by atoms with Crippen LogP contribution in [0.2, 0.25) is 0 Å². The number of hydrogen-bond acceptors (Lipinski definition) is 5. The van der Waals surface area contributed by atoms with Crippen molar-refractivity contribution >= 4 is 0 Å². The Bertz CT molecular complexity index is 715. The van der Waals surface area contributed by atoms with Crippen LogP contribution in [0.25, 0.3) is 0 Å². The van der Waals surface area contributed by atoms with Crippen molar-refractivity contribution in [2.24, 2.45) is 0 Å². The number of nitrogens with zero attached hydrogens (tertiary/aromatic N) is 2. The van der Waals surface area contributed by atoms with Gasteiger partial charge in [-0.1, -0.05) is 24.3 Å². The molecule has 0 radical (unpaired) electrons. The van der Waals surface area contributed by atoms with Crippen LogP contribution in [0.15, 0.2) is 33.5 Å². The van der Waals surface area contributed by atoms with Crippen LogP contribution in [-0.2, 0) is 6.42 Å². The summed E-state index contributed by atoms with van der Waals surface area (Å²) in [6.45, 7) is 1.77. The zero-order valence-corrected chi connectivity index (χ0v) is 12.2. The molecular formula is C16H19N3O3. The Morgan fingerprint density at radius 2 is 2.05 bits per heavy atom. The topological polar surface area (TPSA) is 82.4 Å². The zero-order chi connectivity index (χ0) is 15.1. The fraction of sp³-hybridized carbons (Fsp3) is 0.500. The molecule has 0 amide bonds. The van der Waals surface area contributed by atoms with E-state index in [1.54, 1.807) is 0 Å². The summed E-state index contributed by atoms with van der Waals surface area (Å²) in [5, 5.41) is 16.8. The molecule has 2 aliphatic rings. The molecular weight excluding hydrogens is 282 g/mol.